The summed E-state index contributed by atoms with van der Waals surface area (Å²) in [7, 11) is 4.52. The van der Waals surface area contributed by atoms with Crippen molar-refractivity contribution in [2.75, 3.05) is 20.6 Å². The molecule has 1 fully saturated rings. The van der Waals surface area contributed by atoms with Gasteiger partial charge in [0.1, 0.15) is 0 Å². The number of benzene rings is 1. The maximum Gasteiger partial charge on any atom is 0.0507 e. The summed E-state index contributed by atoms with van der Waals surface area (Å²) >= 11 is 0. The Kier molecular flexibility index (Phi) is 5.45. The fourth-order valence-corrected chi connectivity index (χ4v) is 4.07. The highest BCUT2D eigenvalue weighted by molar-refractivity contribution is 5.27. The van der Waals surface area contributed by atoms with Crippen molar-refractivity contribution in [3.05, 3.63) is 35.4 Å². The van der Waals surface area contributed by atoms with Crippen LogP contribution in [0.1, 0.15) is 56.7 Å². The molecule has 0 bridgehead atoms. The number of aryl methyl sites for hydroxylation is 1. The minimum Gasteiger partial charge on any atom is -0.309 e. The summed E-state index contributed by atoms with van der Waals surface area (Å²) in [5.41, 5.74) is 3.01. The Morgan fingerprint density at radius 2 is 1.95 bits per heavy atom. The van der Waals surface area contributed by atoms with E-state index in [1.54, 1.807) is 0 Å². The lowest BCUT2D eigenvalue weighted by atomic mass is 9.69. The number of likely N-dealkylation sites (N-methyl/N-ethyl adjacent to an activating group) is 2. The molecule has 2 rings (SSSR count). The lowest BCUT2D eigenvalue weighted by Gasteiger charge is -2.50. The average Bonchev–Trinajstić information content (AvgIpc) is 2.45. The molecule has 2 heteroatoms. The predicted octanol–water partition coefficient (Wildman–Crippen LogP) is 4.16. The first kappa shape index (κ1) is 16.5. The van der Waals surface area contributed by atoms with E-state index in [0.29, 0.717) is 6.04 Å². The second-order valence-electron chi connectivity index (χ2n) is 7.10. The fourth-order valence-electron chi connectivity index (χ4n) is 4.07. The van der Waals surface area contributed by atoms with Crippen LogP contribution in [0.2, 0.25) is 0 Å². The topological polar surface area (TPSA) is 15.3 Å². The summed E-state index contributed by atoms with van der Waals surface area (Å²) < 4.78 is 0. The van der Waals surface area contributed by atoms with Crippen LogP contribution in [0, 0.1) is 12.8 Å². The van der Waals surface area contributed by atoms with Crippen LogP contribution < -0.4 is 5.32 Å². The largest absolute Gasteiger partial charge is 0.309 e. The van der Waals surface area contributed by atoms with E-state index in [1.165, 1.54) is 36.8 Å². The highest BCUT2D eigenvalue weighted by atomic mass is 15.2. The van der Waals surface area contributed by atoms with Crippen LogP contribution in [0.4, 0.5) is 0 Å². The molecule has 1 aromatic carbocycles. The van der Waals surface area contributed by atoms with Gasteiger partial charge in [0.2, 0.25) is 0 Å². The van der Waals surface area contributed by atoms with Crippen LogP contribution in [-0.2, 0) is 0 Å². The van der Waals surface area contributed by atoms with E-state index >= 15 is 0 Å². The van der Waals surface area contributed by atoms with Gasteiger partial charge in [-0.2, -0.15) is 0 Å². The maximum atomic E-state index is 3.79. The molecule has 0 saturated heterocycles. The molecular formula is C19H32N2. The Labute approximate surface area is 130 Å². The Morgan fingerprint density at radius 1 is 1.29 bits per heavy atom. The molecule has 0 amide bonds. The van der Waals surface area contributed by atoms with Crippen molar-refractivity contribution >= 4 is 0 Å². The monoisotopic (exact) mass is 288 g/mol. The standard InChI is InChI=1S/C19H32N2/c1-6-20-18(17-11-9-15(2)10-12-17)19(21(4)5)13-7-8-16(3)14-19/h9-12,16,18,20H,6-8,13-14H2,1-5H3. The second kappa shape index (κ2) is 6.93. The molecule has 0 heterocycles. The fraction of sp³-hybridized carbons (Fsp3) is 0.684. The minimum absolute atomic E-state index is 0.239. The molecule has 1 N–H and O–H groups in total. The zero-order valence-corrected chi connectivity index (χ0v) is 14.4. The number of nitrogens with zero attached hydrogens (tertiary/aromatic N) is 1. The summed E-state index contributed by atoms with van der Waals surface area (Å²) in [6.45, 7) is 7.81. The second-order valence-corrected chi connectivity index (χ2v) is 7.10. The van der Waals surface area contributed by atoms with Crippen LogP contribution in [0.25, 0.3) is 0 Å². The third-order valence-electron chi connectivity index (χ3n) is 5.26. The first-order valence-corrected chi connectivity index (χ1v) is 8.47. The smallest absolute Gasteiger partial charge is 0.0507 e. The quantitative estimate of drug-likeness (QED) is 0.875. The zero-order chi connectivity index (χ0) is 15.5. The van der Waals surface area contributed by atoms with Gasteiger partial charge in [-0.15, -0.1) is 0 Å². The van der Waals surface area contributed by atoms with Gasteiger partial charge in [-0.3, -0.25) is 0 Å². The third kappa shape index (κ3) is 3.49. The number of nitrogens with one attached hydrogen (secondary N) is 1. The van der Waals surface area contributed by atoms with Crippen molar-refractivity contribution < 1.29 is 0 Å². The van der Waals surface area contributed by atoms with Crippen LogP contribution in [0.3, 0.4) is 0 Å². The SMILES string of the molecule is CCNC(c1ccc(C)cc1)C1(N(C)C)CCCC(C)C1. The molecule has 0 radical (unpaired) electrons. The molecule has 1 aliphatic carbocycles. The van der Waals surface area contributed by atoms with Gasteiger partial charge >= 0.3 is 0 Å². The zero-order valence-electron chi connectivity index (χ0n) is 14.4. The highest BCUT2D eigenvalue weighted by Crippen LogP contribution is 2.44. The predicted molar refractivity (Wildman–Crippen MR) is 91.6 cm³/mol. The van der Waals surface area contributed by atoms with Crippen LogP contribution in [0.15, 0.2) is 24.3 Å². The summed E-state index contributed by atoms with van der Waals surface area (Å²) in [5, 5.41) is 3.79. The van der Waals surface area contributed by atoms with Gasteiger partial charge in [-0.25, -0.2) is 0 Å². The van der Waals surface area contributed by atoms with Gasteiger partial charge in [-0.05, 0) is 51.9 Å². The van der Waals surface area contributed by atoms with Gasteiger partial charge in [0.15, 0.2) is 0 Å². The van der Waals surface area contributed by atoms with E-state index in [2.05, 4.69) is 69.3 Å². The minimum atomic E-state index is 0.239. The van der Waals surface area contributed by atoms with Gasteiger partial charge in [0.05, 0.1) is 6.04 Å². The highest BCUT2D eigenvalue weighted by Gasteiger charge is 2.43. The van der Waals surface area contributed by atoms with E-state index in [1.807, 2.05) is 0 Å². The molecular weight excluding hydrogens is 256 g/mol. The Bertz CT molecular complexity index is 437. The van der Waals surface area contributed by atoms with Gasteiger partial charge in [-0.1, -0.05) is 56.5 Å². The molecule has 1 aliphatic rings. The maximum absolute atomic E-state index is 3.79. The first-order chi connectivity index (χ1) is 9.99. The molecule has 1 aromatic rings. The van der Waals surface area contributed by atoms with E-state index in [4.69, 9.17) is 0 Å². The first-order valence-electron chi connectivity index (χ1n) is 8.47. The molecule has 0 aliphatic heterocycles. The number of rotatable bonds is 5. The van der Waals surface area contributed by atoms with Crippen molar-refractivity contribution in [1.82, 2.24) is 10.2 Å². The normalized spacial score (nSPS) is 27.8. The summed E-state index contributed by atoms with van der Waals surface area (Å²) in [6, 6.07) is 9.53. The Hall–Kier alpha value is -0.860. The Morgan fingerprint density at radius 3 is 2.48 bits per heavy atom. The van der Waals surface area contributed by atoms with Crippen molar-refractivity contribution in [2.45, 2.75) is 58.0 Å². The summed E-state index contributed by atoms with van der Waals surface area (Å²) in [4.78, 5) is 2.48. The molecule has 3 unspecified atom stereocenters. The van der Waals surface area contributed by atoms with E-state index in [0.717, 1.165) is 12.5 Å². The van der Waals surface area contributed by atoms with E-state index in [9.17, 15) is 0 Å². The molecule has 2 nitrogen and oxygen atoms in total. The van der Waals surface area contributed by atoms with Gasteiger partial charge in [0, 0.05) is 5.54 Å². The number of hydrogen-bond acceptors (Lipinski definition) is 2. The summed E-state index contributed by atoms with van der Waals surface area (Å²) in [6.07, 6.45) is 5.29. The van der Waals surface area contributed by atoms with Crippen molar-refractivity contribution in [2.24, 2.45) is 5.92 Å². The lowest BCUT2D eigenvalue weighted by molar-refractivity contribution is 0.0372. The molecule has 1 saturated carbocycles. The van der Waals surface area contributed by atoms with E-state index < -0.39 is 0 Å². The number of hydrogen-bond donors (Lipinski definition) is 1. The molecule has 0 aromatic heterocycles. The van der Waals surface area contributed by atoms with Gasteiger partial charge < -0.3 is 10.2 Å². The molecule has 3 atom stereocenters. The van der Waals surface area contributed by atoms with Crippen LogP contribution in [-0.4, -0.2) is 31.1 Å². The van der Waals surface area contributed by atoms with Crippen LogP contribution >= 0.6 is 0 Å². The van der Waals surface area contributed by atoms with Crippen LogP contribution in [0.5, 0.6) is 0 Å². The molecule has 0 spiro atoms. The van der Waals surface area contributed by atoms with E-state index in [-0.39, 0.29) is 5.54 Å². The Balaban J connectivity index is 2.39. The van der Waals surface area contributed by atoms with Crippen molar-refractivity contribution in [3.63, 3.8) is 0 Å². The van der Waals surface area contributed by atoms with Gasteiger partial charge in [0.25, 0.3) is 0 Å². The molecule has 118 valence electrons. The molecule has 21 heavy (non-hydrogen) atoms. The third-order valence-corrected chi connectivity index (χ3v) is 5.26. The van der Waals surface area contributed by atoms with Crippen molar-refractivity contribution in [1.29, 1.82) is 0 Å². The summed E-state index contributed by atoms with van der Waals surface area (Å²) in [5.74, 6) is 0.813. The van der Waals surface area contributed by atoms with Crippen molar-refractivity contribution in [3.8, 4) is 0 Å². The lowest BCUT2D eigenvalue weighted by Crippen LogP contribution is -2.56. The average molecular weight is 288 g/mol.